The number of guanidine groups is 1. The van der Waals surface area contributed by atoms with Crippen LogP contribution in [0.2, 0.25) is 0 Å². The van der Waals surface area contributed by atoms with Crippen molar-refractivity contribution >= 4 is 5.96 Å². The molecule has 2 aromatic rings. The molecule has 2 rings (SSSR count). The van der Waals surface area contributed by atoms with Gasteiger partial charge in [-0.1, -0.05) is 30.3 Å². The minimum absolute atomic E-state index is 0.109. The molecule has 0 fully saturated rings. The lowest BCUT2D eigenvalue weighted by Crippen LogP contribution is -2.40. The van der Waals surface area contributed by atoms with E-state index in [1.165, 1.54) is 0 Å². The summed E-state index contributed by atoms with van der Waals surface area (Å²) in [6, 6.07) is 15.9. The molecule has 3 N–H and O–H groups in total. The third kappa shape index (κ3) is 5.59. The number of nitrogens with zero attached hydrogens (tertiary/aromatic N) is 1. The number of aliphatic imine (C=N–C) groups is 1. The maximum atomic E-state index is 5.99. The van der Waals surface area contributed by atoms with Gasteiger partial charge in [-0.2, -0.15) is 0 Å². The van der Waals surface area contributed by atoms with E-state index in [1.807, 2.05) is 62.4 Å². The molecule has 0 bridgehead atoms. The number of hydrogen-bond acceptors (Lipinski definition) is 3. The quantitative estimate of drug-likeness (QED) is 0.605. The van der Waals surface area contributed by atoms with Crippen LogP contribution in [0.15, 0.2) is 53.5 Å². The topological polar surface area (TPSA) is 68.9 Å². The van der Waals surface area contributed by atoms with Gasteiger partial charge in [-0.25, -0.2) is 4.99 Å². The molecule has 0 saturated heterocycles. The number of ether oxygens (including phenoxy) is 2. The molecule has 0 aliphatic rings. The minimum Gasteiger partial charge on any atom is -0.457 e. The van der Waals surface area contributed by atoms with Crippen molar-refractivity contribution in [3.8, 4) is 11.5 Å². The van der Waals surface area contributed by atoms with Crippen LogP contribution in [0.1, 0.15) is 18.1 Å². The number of methoxy groups -OCH3 is 1. The second-order valence-electron chi connectivity index (χ2n) is 5.73. The third-order valence-corrected chi connectivity index (χ3v) is 3.42. The van der Waals surface area contributed by atoms with Crippen LogP contribution in [-0.4, -0.2) is 25.7 Å². The summed E-state index contributed by atoms with van der Waals surface area (Å²) in [4.78, 5) is 4.38. The predicted molar refractivity (Wildman–Crippen MR) is 97.5 cm³/mol. The average molecular weight is 327 g/mol. The van der Waals surface area contributed by atoms with Crippen LogP contribution >= 0.6 is 0 Å². The first-order chi connectivity index (χ1) is 11.6. The molecule has 0 aliphatic carbocycles. The average Bonchev–Trinajstić information content (AvgIpc) is 2.54. The summed E-state index contributed by atoms with van der Waals surface area (Å²) >= 11 is 0. The lowest BCUT2D eigenvalue weighted by Gasteiger charge is -2.14. The maximum absolute atomic E-state index is 5.99. The van der Waals surface area contributed by atoms with Crippen LogP contribution in [-0.2, 0) is 11.3 Å². The van der Waals surface area contributed by atoms with E-state index in [4.69, 9.17) is 15.2 Å². The zero-order chi connectivity index (χ0) is 17.4. The molecule has 128 valence electrons. The molecule has 5 nitrogen and oxygen atoms in total. The van der Waals surface area contributed by atoms with Gasteiger partial charge in [0.15, 0.2) is 5.96 Å². The summed E-state index contributed by atoms with van der Waals surface area (Å²) in [5.41, 5.74) is 8.05. The zero-order valence-corrected chi connectivity index (χ0v) is 14.5. The Morgan fingerprint density at radius 2 is 2.00 bits per heavy atom. The van der Waals surface area contributed by atoms with Gasteiger partial charge in [-0.3, -0.25) is 0 Å². The molecule has 0 saturated carbocycles. The number of para-hydroxylation sites is 1. The Hall–Kier alpha value is -2.53. The molecule has 2 aromatic carbocycles. The Bertz CT molecular complexity index is 686. The third-order valence-electron chi connectivity index (χ3n) is 3.42. The van der Waals surface area contributed by atoms with Crippen molar-refractivity contribution in [3.05, 3.63) is 59.7 Å². The molecular formula is C19H25N3O2. The van der Waals surface area contributed by atoms with Crippen LogP contribution in [0.5, 0.6) is 11.5 Å². The number of rotatable bonds is 7. The van der Waals surface area contributed by atoms with E-state index in [-0.39, 0.29) is 6.04 Å². The standard InChI is InChI=1S/C19H25N3O2/c1-14-7-6-9-17(11-14)24-18-10-5-4-8-16(18)12-21-19(20)22-15(2)13-23-3/h4-11,15H,12-13H2,1-3H3,(H3,20,21,22). The summed E-state index contributed by atoms with van der Waals surface area (Å²) in [5.74, 6) is 1.99. The van der Waals surface area contributed by atoms with Crippen LogP contribution < -0.4 is 15.8 Å². The number of nitrogens with two attached hydrogens (primary N) is 1. The molecular weight excluding hydrogens is 302 g/mol. The van der Waals surface area contributed by atoms with Gasteiger partial charge in [-0.15, -0.1) is 0 Å². The maximum Gasteiger partial charge on any atom is 0.189 e. The first kappa shape index (κ1) is 17.8. The van der Waals surface area contributed by atoms with Crippen LogP contribution in [0.4, 0.5) is 0 Å². The second kappa shape index (κ2) is 8.93. The smallest absolute Gasteiger partial charge is 0.189 e. The molecule has 0 aromatic heterocycles. The molecule has 24 heavy (non-hydrogen) atoms. The van der Waals surface area contributed by atoms with Gasteiger partial charge in [-0.05, 0) is 37.6 Å². The van der Waals surface area contributed by atoms with Gasteiger partial charge >= 0.3 is 0 Å². The highest BCUT2D eigenvalue weighted by atomic mass is 16.5. The number of aryl methyl sites for hydroxylation is 1. The fraction of sp³-hybridized carbons (Fsp3) is 0.316. The first-order valence-corrected chi connectivity index (χ1v) is 7.96. The molecule has 1 unspecified atom stereocenters. The molecule has 0 amide bonds. The van der Waals surface area contributed by atoms with Gasteiger partial charge in [0, 0.05) is 18.7 Å². The van der Waals surface area contributed by atoms with Gasteiger partial charge in [0.1, 0.15) is 11.5 Å². The van der Waals surface area contributed by atoms with E-state index in [0.29, 0.717) is 19.1 Å². The van der Waals surface area contributed by atoms with E-state index in [9.17, 15) is 0 Å². The fourth-order valence-corrected chi connectivity index (χ4v) is 2.30. The highest BCUT2D eigenvalue weighted by molar-refractivity contribution is 5.78. The molecule has 0 aliphatic heterocycles. The highest BCUT2D eigenvalue weighted by Gasteiger charge is 2.06. The van der Waals surface area contributed by atoms with Crippen molar-refractivity contribution in [2.24, 2.45) is 10.7 Å². The number of benzene rings is 2. The van der Waals surface area contributed by atoms with E-state index in [0.717, 1.165) is 22.6 Å². The van der Waals surface area contributed by atoms with Crippen molar-refractivity contribution in [3.63, 3.8) is 0 Å². The van der Waals surface area contributed by atoms with E-state index < -0.39 is 0 Å². The van der Waals surface area contributed by atoms with Gasteiger partial charge in [0.25, 0.3) is 0 Å². The number of hydrogen-bond donors (Lipinski definition) is 2. The Balaban J connectivity index is 2.06. The second-order valence-corrected chi connectivity index (χ2v) is 5.73. The zero-order valence-electron chi connectivity index (χ0n) is 14.5. The van der Waals surface area contributed by atoms with Crippen LogP contribution in [0, 0.1) is 6.92 Å². The van der Waals surface area contributed by atoms with Crippen LogP contribution in [0.25, 0.3) is 0 Å². The van der Waals surface area contributed by atoms with Gasteiger partial charge in [0.05, 0.1) is 13.2 Å². The Kier molecular flexibility index (Phi) is 6.63. The molecule has 0 heterocycles. The predicted octanol–water partition coefficient (Wildman–Crippen LogP) is 3.23. The SMILES string of the molecule is COCC(C)NC(N)=NCc1ccccc1Oc1cccc(C)c1. The van der Waals surface area contributed by atoms with E-state index >= 15 is 0 Å². The normalized spacial score (nSPS) is 12.7. The Morgan fingerprint density at radius 1 is 1.21 bits per heavy atom. The van der Waals surface area contributed by atoms with Crippen molar-refractivity contribution in [1.29, 1.82) is 0 Å². The van der Waals surface area contributed by atoms with Gasteiger partial charge < -0.3 is 20.5 Å². The largest absolute Gasteiger partial charge is 0.457 e. The van der Waals surface area contributed by atoms with Crippen molar-refractivity contribution in [2.45, 2.75) is 26.4 Å². The first-order valence-electron chi connectivity index (χ1n) is 7.96. The van der Waals surface area contributed by atoms with Crippen molar-refractivity contribution in [1.82, 2.24) is 5.32 Å². The van der Waals surface area contributed by atoms with Crippen LogP contribution in [0.3, 0.4) is 0 Å². The minimum atomic E-state index is 0.109. The molecule has 1 atom stereocenters. The molecule has 0 spiro atoms. The molecule has 0 radical (unpaired) electrons. The highest BCUT2D eigenvalue weighted by Crippen LogP contribution is 2.26. The Labute approximate surface area is 143 Å². The van der Waals surface area contributed by atoms with E-state index in [1.54, 1.807) is 7.11 Å². The monoisotopic (exact) mass is 327 g/mol. The summed E-state index contributed by atoms with van der Waals surface area (Å²) in [6.45, 7) is 5.04. The summed E-state index contributed by atoms with van der Waals surface area (Å²) in [6.07, 6.45) is 0. The summed E-state index contributed by atoms with van der Waals surface area (Å²) in [7, 11) is 1.66. The molecule has 5 heteroatoms. The Morgan fingerprint density at radius 3 is 2.75 bits per heavy atom. The fourth-order valence-electron chi connectivity index (χ4n) is 2.30. The van der Waals surface area contributed by atoms with E-state index in [2.05, 4.69) is 10.3 Å². The lowest BCUT2D eigenvalue weighted by molar-refractivity contribution is 0.179. The van der Waals surface area contributed by atoms with Crippen molar-refractivity contribution < 1.29 is 9.47 Å². The lowest BCUT2D eigenvalue weighted by atomic mass is 10.2. The van der Waals surface area contributed by atoms with Crippen molar-refractivity contribution in [2.75, 3.05) is 13.7 Å². The number of nitrogens with one attached hydrogen (secondary N) is 1. The summed E-state index contributed by atoms with van der Waals surface area (Å²) < 4.78 is 11.1. The van der Waals surface area contributed by atoms with Gasteiger partial charge in [0.2, 0.25) is 0 Å². The summed E-state index contributed by atoms with van der Waals surface area (Å²) in [5, 5.41) is 3.09.